The van der Waals surface area contributed by atoms with Gasteiger partial charge in [-0.3, -0.25) is 4.79 Å². The Morgan fingerprint density at radius 1 is 1.09 bits per heavy atom. The Balaban J connectivity index is 1.62. The predicted octanol–water partition coefficient (Wildman–Crippen LogP) is 5.02. The fraction of sp³-hybridized carbons (Fsp3) is 0.360. The summed E-state index contributed by atoms with van der Waals surface area (Å²) in [5.41, 5.74) is 2.43. The van der Waals surface area contributed by atoms with Crippen LogP contribution < -0.4 is 5.32 Å². The van der Waals surface area contributed by atoms with Gasteiger partial charge in [0.2, 0.25) is 0 Å². The second kappa shape index (κ2) is 11.7. The molecular weight excluding hydrogens is 465 g/mol. The van der Waals surface area contributed by atoms with Gasteiger partial charge in [-0.2, -0.15) is 0 Å². The molecule has 0 bridgehead atoms. The van der Waals surface area contributed by atoms with Crippen LogP contribution in [0.2, 0.25) is 10.0 Å². The average Bonchev–Trinajstić information content (AvgIpc) is 3.59. The zero-order valence-electron chi connectivity index (χ0n) is 18.6. The lowest BCUT2D eigenvalue weighted by atomic mass is 9.96. The van der Waals surface area contributed by atoms with Crippen molar-refractivity contribution in [2.24, 2.45) is 0 Å². The number of rotatable bonds is 11. The lowest BCUT2D eigenvalue weighted by Gasteiger charge is -2.16. The Morgan fingerprint density at radius 3 is 2.33 bits per heavy atom. The first-order chi connectivity index (χ1) is 15.9. The summed E-state index contributed by atoms with van der Waals surface area (Å²) in [6, 6.07) is 12.1. The molecule has 1 N–H and O–H groups in total. The number of esters is 1. The zero-order chi connectivity index (χ0) is 23.8. The van der Waals surface area contributed by atoms with E-state index in [1.54, 1.807) is 25.3 Å². The van der Waals surface area contributed by atoms with Crippen molar-refractivity contribution in [1.82, 2.24) is 5.32 Å². The molecule has 1 atom stereocenters. The first-order valence-corrected chi connectivity index (χ1v) is 11.3. The van der Waals surface area contributed by atoms with Gasteiger partial charge >= 0.3 is 5.97 Å². The summed E-state index contributed by atoms with van der Waals surface area (Å²) < 4.78 is 15.4. The maximum atomic E-state index is 12.7. The molecule has 2 aromatic carbocycles. The van der Waals surface area contributed by atoms with Crippen LogP contribution in [0, 0.1) is 0 Å². The van der Waals surface area contributed by atoms with Crippen LogP contribution in [-0.4, -0.2) is 45.5 Å². The van der Waals surface area contributed by atoms with Crippen molar-refractivity contribution in [2.75, 3.05) is 27.6 Å². The Morgan fingerprint density at radius 2 is 1.76 bits per heavy atom. The molecule has 2 aromatic rings. The number of hydrogen-bond donors (Lipinski definition) is 1. The van der Waals surface area contributed by atoms with Gasteiger partial charge in [0.05, 0.1) is 29.3 Å². The van der Waals surface area contributed by atoms with E-state index in [9.17, 15) is 9.59 Å². The van der Waals surface area contributed by atoms with Crippen LogP contribution in [0.3, 0.4) is 0 Å². The van der Waals surface area contributed by atoms with E-state index in [1.165, 1.54) is 12.7 Å². The van der Waals surface area contributed by atoms with E-state index in [1.807, 2.05) is 24.3 Å². The molecule has 0 heterocycles. The van der Waals surface area contributed by atoms with Crippen LogP contribution in [0.1, 0.15) is 40.7 Å². The van der Waals surface area contributed by atoms with E-state index in [4.69, 9.17) is 37.4 Å². The van der Waals surface area contributed by atoms with Gasteiger partial charge in [-0.25, -0.2) is 4.79 Å². The molecule has 0 spiro atoms. The molecule has 1 aliphatic carbocycles. The molecule has 0 aliphatic heterocycles. The number of hydrogen-bond acceptors (Lipinski definition) is 5. The minimum Gasteiger partial charge on any atom is -0.467 e. The largest absolute Gasteiger partial charge is 0.467 e. The monoisotopic (exact) mass is 491 g/mol. The molecule has 0 aromatic heterocycles. The maximum absolute atomic E-state index is 12.7. The van der Waals surface area contributed by atoms with Crippen LogP contribution in [0.5, 0.6) is 0 Å². The smallest absolute Gasteiger partial charge is 0.328 e. The minimum absolute atomic E-state index is 0.0843. The maximum Gasteiger partial charge on any atom is 0.328 e. The number of ether oxygens (including phenoxy) is 3. The number of nitrogens with one attached hydrogen (secondary N) is 1. The summed E-state index contributed by atoms with van der Waals surface area (Å²) in [6.07, 6.45) is 6.16. The Labute approximate surface area is 203 Å². The van der Waals surface area contributed by atoms with Crippen molar-refractivity contribution in [3.05, 3.63) is 75.3 Å². The average molecular weight is 492 g/mol. The van der Waals surface area contributed by atoms with E-state index in [0.29, 0.717) is 13.4 Å². The van der Waals surface area contributed by atoms with Crippen LogP contribution in [0.4, 0.5) is 0 Å². The summed E-state index contributed by atoms with van der Waals surface area (Å²) >= 11 is 12.2. The minimum atomic E-state index is -0.877. The molecular formula is C25H27Cl2NO5. The van der Waals surface area contributed by atoms with Crippen LogP contribution >= 0.6 is 23.2 Å². The van der Waals surface area contributed by atoms with Crippen LogP contribution in [-0.2, 0) is 24.4 Å². The van der Waals surface area contributed by atoms with E-state index in [0.717, 1.165) is 18.4 Å². The Kier molecular flexibility index (Phi) is 8.92. The topological polar surface area (TPSA) is 73.9 Å². The summed E-state index contributed by atoms with van der Waals surface area (Å²) in [7, 11) is 2.89. The van der Waals surface area contributed by atoms with Crippen molar-refractivity contribution >= 4 is 41.2 Å². The third-order valence-electron chi connectivity index (χ3n) is 5.62. The molecule has 0 radical (unpaired) electrons. The van der Waals surface area contributed by atoms with Crippen LogP contribution in [0.15, 0.2) is 48.5 Å². The highest BCUT2D eigenvalue weighted by Gasteiger charge is 2.44. The summed E-state index contributed by atoms with van der Waals surface area (Å²) in [6.45, 7) is 0.940. The van der Waals surface area contributed by atoms with Gasteiger partial charge in [0.25, 0.3) is 5.91 Å². The molecule has 1 aliphatic rings. The van der Waals surface area contributed by atoms with Crippen molar-refractivity contribution in [2.45, 2.75) is 30.7 Å². The molecule has 1 amide bonds. The predicted molar refractivity (Wildman–Crippen MR) is 129 cm³/mol. The van der Waals surface area contributed by atoms with Crippen molar-refractivity contribution in [3.8, 4) is 0 Å². The van der Waals surface area contributed by atoms with E-state index < -0.39 is 17.9 Å². The first kappa shape index (κ1) is 25.2. The second-order valence-corrected chi connectivity index (χ2v) is 8.76. The van der Waals surface area contributed by atoms with E-state index >= 15 is 0 Å². The zero-order valence-corrected chi connectivity index (χ0v) is 20.1. The highest BCUT2D eigenvalue weighted by molar-refractivity contribution is 6.39. The third-order valence-corrected chi connectivity index (χ3v) is 6.25. The van der Waals surface area contributed by atoms with Crippen LogP contribution in [0.25, 0.3) is 6.08 Å². The van der Waals surface area contributed by atoms with Gasteiger partial charge in [0.15, 0.2) is 0 Å². The van der Waals surface area contributed by atoms with Crippen molar-refractivity contribution < 1.29 is 23.8 Å². The van der Waals surface area contributed by atoms with Gasteiger partial charge in [-0.1, -0.05) is 65.7 Å². The van der Waals surface area contributed by atoms with Gasteiger partial charge in [0.1, 0.15) is 12.8 Å². The summed E-state index contributed by atoms with van der Waals surface area (Å²) in [5, 5.41) is 3.07. The van der Waals surface area contributed by atoms with Gasteiger partial charge in [-0.15, -0.1) is 0 Å². The van der Waals surface area contributed by atoms with E-state index in [-0.39, 0.29) is 27.4 Å². The molecule has 176 valence electrons. The molecule has 3 rings (SSSR count). The van der Waals surface area contributed by atoms with Crippen molar-refractivity contribution in [1.29, 1.82) is 0 Å². The molecule has 0 saturated heterocycles. The highest BCUT2D eigenvalue weighted by atomic mass is 35.5. The number of benzene rings is 2. The Bertz CT molecular complexity index is 982. The van der Waals surface area contributed by atoms with Gasteiger partial charge in [-0.05, 0) is 42.5 Å². The summed E-state index contributed by atoms with van der Waals surface area (Å²) in [4.78, 5) is 24.9. The molecule has 8 heteroatoms. The van der Waals surface area contributed by atoms with Gasteiger partial charge < -0.3 is 19.5 Å². The van der Waals surface area contributed by atoms with Gasteiger partial charge in [0, 0.05) is 12.5 Å². The SMILES string of the molecule is COCOCC1(c2ccc(/C=C/CC(NC(=O)c3c(Cl)cccc3Cl)C(=O)OC)cc2)CC1. The normalized spacial score (nSPS) is 15.3. The molecule has 1 saturated carbocycles. The number of carbonyl (C=O) groups excluding carboxylic acids is 2. The molecule has 6 nitrogen and oxygen atoms in total. The summed E-state index contributed by atoms with van der Waals surface area (Å²) in [5.74, 6) is -1.09. The number of amides is 1. The molecule has 1 unspecified atom stereocenters. The third kappa shape index (κ3) is 6.58. The molecule has 33 heavy (non-hydrogen) atoms. The van der Waals surface area contributed by atoms with E-state index in [2.05, 4.69) is 17.4 Å². The second-order valence-electron chi connectivity index (χ2n) is 7.94. The lowest BCUT2D eigenvalue weighted by molar-refractivity contribution is -0.142. The fourth-order valence-electron chi connectivity index (χ4n) is 3.58. The lowest BCUT2D eigenvalue weighted by Crippen LogP contribution is -2.41. The molecule has 1 fully saturated rings. The number of methoxy groups -OCH3 is 2. The standard InChI is InChI=1S/C25H27Cl2NO5/c1-31-16-33-15-25(13-14-25)18-11-9-17(10-12-18)5-3-8-21(24(30)32-2)28-23(29)22-19(26)6-4-7-20(22)27/h3-7,9-12,21H,8,13-16H2,1-2H3,(H,28,29)/b5-3+. The number of halogens is 2. The quantitative estimate of drug-likeness (QED) is 0.271. The fourth-order valence-corrected chi connectivity index (χ4v) is 4.15. The first-order valence-electron chi connectivity index (χ1n) is 10.6. The highest BCUT2D eigenvalue weighted by Crippen LogP contribution is 2.48. The Hall–Kier alpha value is -2.38. The number of carbonyl (C=O) groups is 2. The van der Waals surface area contributed by atoms with Crippen molar-refractivity contribution in [3.63, 3.8) is 0 Å².